The smallest absolute Gasteiger partial charge is 0.253 e. The average Bonchev–Trinajstić information content (AvgIpc) is 2.80. The number of benzene rings is 2. The van der Waals surface area contributed by atoms with E-state index in [0.717, 1.165) is 56.3 Å². The van der Waals surface area contributed by atoms with Gasteiger partial charge in [0.2, 0.25) is 5.95 Å². The maximum atomic E-state index is 13.1. The first-order valence-electron chi connectivity index (χ1n) is 10.6. The number of nitrogens with zero attached hydrogens (tertiary/aromatic N) is 5. The quantitative estimate of drug-likeness (QED) is 0.653. The highest BCUT2D eigenvalue weighted by Crippen LogP contribution is 2.23. The number of halogens is 1. The number of likely N-dealkylation sites (tertiary alicyclic amines) is 1. The fraction of sp³-hybridized carbons (Fsp3) is 0.292. The van der Waals surface area contributed by atoms with Gasteiger partial charge in [-0.25, -0.2) is 14.4 Å². The summed E-state index contributed by atoms with van der Waals surface area (Å²) in [6, 6.07) is 16.2. The van der Waals surface area contributed by atoms with Crippen LogP contribution in [0.4, 0.5) is 10.3 Å². The molecule has 3 aromatic rings. The lowest BCUT2D eigenvalue weighted by Gasteiger charge is -2.48. The number of amides is 1. The third kappa shape index (κ3) is 4.14. The van der Waals surface area contributed by atoms with Crippen LogP contribution in [0.2, 0.25) is 0 Å². The normalized spacial score (nSPS) is 17.5. The van der Waals surface area contributed by atoms with Crippen LogP contribution in [0.5, 0.6) is 0 Å². The Hall–Kier alpha value is -3.32. The molecule has 0 radical (unpaired) electrons. The van der Waals surface area contributed by atoms with Crippen LogP contribution >= 0.6 is 0 Å². The Kier molecular flexibility index (Phi) is 5.34. The molecule has 0 aliphatic carbocycles. The zero-order chi connectivity index (χ0) is 21.2. The maximum Gasteiger partial charge on any atom is 0.253 e. The van der Waals surface area contributed by atoms with Crippen LogP contribution in [0.25, 0.3) is 11.1 Å². The van der Waals surface area contributed by atoms with Crippen molar-refractivity contribution < 1.29 is 9.18 Å². The van der Waals surface area contributed by atoms with Crippen LogP contribution in [-0.2, 0) is 0 Å². The van der Waals surface area contributed by atoms with Gasteiger partial charge in [0, 0.05) is 63.3 Å². The van der Waals surface area contributed by atoms with E-state index in [1.165, 1.54) is 12.1 Å². The molecule has 0 unspecified atom stereocenters. The van der Waals surface area contributed by atoms with Gasteiger partial charge in [0.25, 0.3) is 5.91 Å². The van der Waals surface area contributed by atoms with Crippen LogP contribution in [0, 0.1) is 5.82 Å². The molecule has 0 saturated carbocycles. The SMILES string of the molecule is O=C(c1ccc(-c2ccc(F)cc2)cc1)N1CC(N2CCN(c3ncccn3)CC2)C1. The molecule has 158 valence electrons. The summed E-state index contributed by atoms with van der Waals surface area (Å²) in [6.45, 7) is 5.24. The number of hydrogen-bond donors (Lipinski definition) is 0. The Balaban J connectivity index is 1.13. The van der Waals surface area contributed by atoms with Crippen LogP contribution in [0.3, 0.4) is 0 Å². The molecule has 2 aromatic carbocycles. The summed E-state index contributed by atoms with van der Waals surface area (Å²) >= 11 is 0. The van der Waals surface area contributed by atoms with E-state index in [1.54, 1.807) is 24.5 Å². The highest BCUT2D eigenvalue weighted by Gasteiger charge is 2.36. The summed E-state index contributed by atoms with van der Waals surface area (Å²) in [5, 5.41) is 0. The zero-order valence-corrected chi connectivity index (χ0v) is 17.2. The Labute approximate surface area is 180 Å². The molecule has 7 heteroatoms. The highest BCUT2D eigenvalue weighted by atomic mass is 19.1. The monoisotopic (exact) mass is 417 g/mol. The first kappa shape index (κ1) is 19.6. The molecule has 0 spiro atoms. The molecule has 1 amide bonds. The lowest BCUT2D eigenvalue weighted by molar-refractivity contribution is 0.0246. The van der Waals surface area contributed by atoms with Gasteiger partial charge in [-0.05, 0) is 41.5 Å². The number of piperazine rings is 1. The van der Waals surface area contributed by atoms with E-state index in [2.05, 4.69) is 19.8 Å². The van der Waals surface area contributed by atoms with Crippen molar-refractivity contribution in [2.24, 2.45) is 0 Å². The lowest BCUT2D eigenvalue weighted by Crippen LogP contribution is -2.64. The van der Waals surface area contributed by atoms with Gasteiger partial charge in [0.1, 0.15) is 5.82 Å². The van der Waals surface area contributed by atoms with Crippen molar-refractivity contribution in [1.29, 1.82) is 0 Å². The van der Waals surface area contributed by atoms with E-state index < -0.39 is 0 Å². The Bertz CT molecular complexity index is 1030. The molecule has 0 atom stereocenters. The number of hydrogen-bond acceptors (Lipinski definition) is 5. The molecule has 31 heavy (non-hydrogen) atoms. The minimum absolute atomic E-state index is 0.0678. The Morgan fingerprint density at radius 1 is 0.839 bits per heavy atom. The van der Waals surface area contributed by atoms with Gasteiger partial charge in [-0.3, -0.25) is 9.69 Å². The first-order chi connectivity index (χ1) is 15.2. The molecule has 2 saturated heterocycles. The summed E-state index contributed by atoms with van der Waals surface area (Å²) in [5.74, 6) is 0.604. The summed E-state index contributed by atoms with van der Waals surface area (Å²) in [4.78, 5) is 28.1. The third-order valence-electron chi connectivity index (χ3n) is 6.12. The minimum Gasteiger partial charge on any atom is -0.338 e. The van der Waals surface area contributed by atoms with E-state index in [0.29, 0.717) is 11.6 Å². The molecule has 0 bridgehead atoms. The Morgan fingerprint density at radius 3 is 2.03 bits per heavy atom. The van der Waals surface area contributed by atoms with Gasteiger partial charge in [-0.2, -0.15) is 0 Å². The molecule has 2 fully saturated rings. The number of carbonyl (C=O) groups excluding carboxylic acids is 1. The van der Waals surface area contributed by atoms with Crippen molar-refractivity contribution in [3.63, 3.8) is 0 Å². The van der Waals surface area contributed by atoms with Crippen molar-refractivity contribution in [2.45, 2.75) is 6.04 Å². The predicted molar refractivity (Wildman–Crippen MR) is 117 cm³/mol. The second kappa shape index (κ2) is 8.43. The summed E-state index contributed by atoms with van der Waals surface area (Å²) < 4.78 is 13.1. The van der Waals surface area contributed by atoms with E-state index in [9.17, 15) is 9.18 Å². The molecule has 2 aliphatic heterocycles. The fourth-order valence-electron chi connectivity index (χ4n) is 4.22. The van der Waals surface area contributed by atoms with Gasteiger partial charge in [0.05, 0.1) is 0 Å². The molecule has 1 aromatic heterocycles. The summed E-state index contributed by atoms with van der Waals surface area (Å²) in [7, 11) is 0. The maximum absolute atomic E-state index is 13.1. The number of aromatic nitrogens is 2. The molecule has 3 heterocycles. The largest absolute Gasteiger partial charge is 0.338 e. The molecule has 6 nitrogen and oxygen atoms in total. The van der Waals surface area contributed by atoms with Crippen LogP contribution in [0.15, 0.2) is 67.0 Å². The van der Waals surface area contributed by atoms with Crippen LogP contribution in [0.1, 0.15) is 10.4 Å². The van der Waals surface area contributed by atoms with Crippen LogP contribution < -0.4 is 4.90 Å². The van der Waals surface area contributed by atoms with Crippen LogP contribution in [-0.4, -0.2) is 71.0 Å². The topological polar surface area (TPSA) is 52.6 Å². The van der Waals surface area contributed by atoms with Crippen molar-refractivity contribution in [3.05, 3.63) is 78.4 Å². The van der Waals surface area contributed by atoms with E-state index >= 15 is 0 Å². The number of carbonyl (C=O) groups is 1. The molecule has 2 aliphatic rings. The molecule has 5 rings (SSSR count). The van der Waals surface area contributed by atoms with Gasteiger partial charge in [-0.15, -0.1) is 0 Å². The average molecular weight is 417 g/mol. The second-order valence-electron chi connectivity index (χ2n) is 8.02. The molecular weight excluding hydrogens is 393 g/mol. The van der Waals surface area contributed by atoms with E-state index in [1.807, 2.05) is 35.2 Å². The van der Waals surface area contributed by atoms with E-state index in [-0.39, 0.29) is 11.7 Å². The Morgan fingerprint density at radius 2 is 1.42 bits per heavy atom. The van der Waals surface area contributed by atoms with Gasteiger partial charge >= 0.3 is 0 Å². The second-order valence-corrected chi connectivity index (χ2v) is 8.02. The third-order valence-corrected chi connectivity index (χ3v) is 6.12. The van der Waals surface area contributed by atoms with Gasteiger partial charge in [-0.1, -0.05) is 24.3 Å². The van der Waals surface area contributed by atoms with Gasteiger partial charge in [0.15, 0.2) is 0 Å². The first-order valence-corrected chi connectivity index (χ1v) is 10.6. The van der Waals surface area contributed by atoms with Crippen molar-refractivity contribution in [2.75, 3.05) is 44.2 Å². The number of rotatable bonds is 4. The van der Waals surface area contributed by atoms with Crippen molar-refractivity contribution in [1.82, 2.24) is 19.8 Å². The summed E-state index contributed by atoms with van der Waals surface area (Å²) in [5.41, 5.74) is 2.60. The van der Waals surface area contributed by atoms with Gasteiger partial charge < -0.3 is 9.80 Å². The molecule has 0 N–H and O–H groups in total. The lowest BCUT2D eigenvalue weighted by atomic mass is 10.0. The highest BCUT2D eigenvalue weighted by molar-refractivity contribution is 5.95. The fourth-order valence-corrected chi connectivity index (χ4v) is 4.22. The summed E-state index contributed by atoms with van der Waals surface area (Å²) in [6.07, 6.45) is 3.55. The standard InChI is InChI=1S/C24H24FN5O/c25-21-8-6-19(7-9-21)18-2-4-20(5-3-18)23(31)30-16-22(17-30)28-12-14-29(15-13-28)24-26-10-1-11-27-24/h1-11,22H,12-17H2. The van der Waals surface area contributed by atoms with Crippen molar-refractivity contribution >= 4 is 11.9 Å². The van der Waals surface area contributed by atoms with Crippen molar-refractivity contribution in [3.8, 4) is 11.1 Å². The molecular formula is C24H24FN5O. The minimum atomic E-state index is -0.252. The number of anilines is 1. The zero-order valence-electron chi connectivity index (χ0n) is 17.2. The predicted octanol–water partition coefficient (Wildman–Crippen LogP) is 2.93. The van der Waals surface area contributed by atoms with E-state index in [4.69, 9.17) is 0 Å².